The van der Waals surface area contributed by atoms with Crippen molar-refractivity contribution >= 4 is 0 Å². The Bertz CT molecular complexity index is 880. The van der Waals surface area contributed by atoms with Crippen molar-refractivity contribution in [3.63, 3.8) is 0 Å². The summed E-state index contributed by atoms with van der Waals surface area (Å²) in [7, 11) is 0. The van der Waals surface area contributed by atoms with Crippen LogP contribution in [0.15, 0.2) is 39.6 Å². The molecule has 0 radical (unpaired) electrons. The van der Waals surface area contributed by atoms with Crippen molar-refractivity contribution in [2.24, 2.45) is 5.11 Å². The molecule has 1 aliphatic heterocycles. The fourth-order valence-electron chi connectivity index (χ4n) is 2.90. The second kappa shape index (κ2) is 6.32. The third-order valence-electron chi connectivity index (χ3n) is 4.03. The van der Waals surface area contributed by atoms with E-state index in [9.17, 15) is 14.7 Å². The van der Waals surface area contributed by atoms with E-state index >= 15 is 0 Å². The number of nitrogens with zero attached hydrogens (tertiary/aromatic N) is 5. The number of aliphatic hydroxyl groups excluding tert-OH is 1. The van der Waals surface area contributed by atoms with Gasteiger partial charge in [0.2, 0.25) is 6.33 Å². The zero-order chi connectivity index (χ0) is 17.3. The number of aryl methyl sites for hydroxylation is 1. The predicted molar refractivity (Wildman–Crippen MR) is 80.0 cm³/mol. The van der Waals surface area contributed by atoms with Gasteiger partial charge >= 0.3 is 5.69 Å². The lowest BCUT2D eigenvalue weighted by Crippen LogP contribution is -2.48. The number of H-pyrrole nitrogens is 2. The summed E-state index contributed by atoms with van der Waals surface area (Å²) in [5.74, 6) is 0. The lowest BCUT2D eigenvalue weighted by Gasteiger charge is -2.19. The molecule has 0 aromatic carbocycles. The second-order valence-corrected chi connectivity index (χ2v) is 5.47. The number of hydrogen-bond acceptors (Lipinski definition) is 5. The van der Waals surface area contributed by atoms with Crippen LogP contribution >= 0.6 is 0 Å². The standard InChI is InChI=1S/C13H15N7O4/c1-7-4-20(13(23)16-11(7)22)12-10(19-3-2-15-6-19)9(17-18-14)8(5-21)24-12/h2-4,6,8-10,12,21H,5H2,1H3,(H,16,22,23)/p+1/t8-,9-,10?,12-/m1/s1. The molecule has 0 amide bonds. The molecule has 126 valence electrons. The summed E-state index contributed by atoms with van der Waals surface area (Å²) >= 11 is 0. The Morgan fingerprint density at radius 2 is 2.33 bits per heavy atom. The van der Waals surface area contributed by atoms with Gasteiger partial charge in [0.05, 0.1) is 12.7 Å². The van der Waals surface area contributed by atoms with Gasteiger partial charge < -0.3 is 9.84 Å². The predicted octanol–water partition coefficient (Wildman–Crippen LogP) is -0.729. The molecule has 11 heteroatoms. The van der Waals surface area contributed by atoms with Crippen LogP contribution in [-0.2, 0) is 4.74 Å². The molecule has 0 saturated carbocycles. The van der Waals surface area contributed by atoms with Gasteiger partial charge in [0.25, 0.3) is 5.56 Å². The van der Waals surface area contributed by atoms with Gasteiger partial charge in [-0.25, -0.2) is 9.36 Å². The third-order valence-corrected chi connectivity index (χ3v) is 4.03. The summed E-state index contributed by atoms with van der Waals surface area (Å²) in [6.45, 7) is 1.19. The lowest BCUT2D eigenvalue weighted by atomic mass is 10.1. The normalized spacial score (nSPS) is 26.2. The van der Waals surface area contributed by atoms with Crippen LogP contribution < -0.4 is 15.8 Å². The Kier molecular flexibility index (Phi) is 4.21. The Morgan fingerprint density at radius 3 is 2.96 bits per heavy atom. The smallest absolute Gasteiger partial charge is 0.330 e. The molecule has 24 heavy (non-hydrogen) atoms. The molecule has 11 nitrogen and oxygen atoms in total. The molecule has 0 bridgehead atoms. The van der Waals surface area contributed by atoms with Gasteiger partial charge in [0, 0.05) is 16.7 Å². The molecular formula is C13H16N7O4+. The number of aromatic amines is 2. The Balaban J connectivity index is 2.15. The molecule has 0 aliphatic carbocycles. The van der Waals surface area contributed by atoms with E-state index in [-0.39, 0.29) is 6.61 Å². The Morgan fingerprint density at radius 1 is 1.54 bits per heavy atom. The van der Waals surface area contributed by atoms with Crippen LogP contribution in [0.25, 0.3) is 10.4 Å². The molecule has 1 fully saturated rings. The highest BCUT2D eigenvalue weighted by molar-refractivity contribution is 5.03. The van der Waals surface area contributed by atoms with E-state index in [1.807, 2.05) is 0 Å². The van der Waals surface area contributed by atoms with E-state index in [4.69, 9.17) is 10.3 Å². The average Bonchev–Trinajstić information content (AvgIpc) is 3.18. The molecule has 2 aromatic heterocycles. The third kappa shape index (κ3) is 2.60. The maximum absolute atomic E-state index is 12.2. The highest BCUT2D eigenvalue weighted by Crippen LogP contribution is 2.36. The molecule has 1 unspecified atom stereocenters. The van der Waals surface area contributed by atoms with Crippen LogP contribution in [0, 0.1) is 6.92 Å². The van der Waals surface area contributed by atoms with Crippen LogP contribution in [-0.4, -0.2) is 38.4 Å². The average molecular weight is 334 g/mol. The van der Waals surface area contributed by atoms with E-state index in [1.165, 1.54) is 10.8 Å². The summed E-state index contributed by atoms with van der Waals surface area (Å²) in [5, 5.41) is 13.3. The van der Waals surface area contributed by atoms with Crippen molar-refractivity contribution in [2.45, 2.75) is 31.3 Å². The first-order chi connectivity index (χ1) is 11.6. The van der Waals surface area contributed by atoms with Crippen molar-refractivity contribution in [1.82, 2.24) is 14.5 Å². The molecular weight excluding hydrogens is 318 g/mol. The second-order valence-electron chi connectivity index (χ2n) is 5.47. The first-order valence-electron chi connectivity index (χ1n) is 7.23. The van der Waals surface area contributed by atoms with E-state index in [1.54, 1.807) is 30.2 Å². The van der Waals surface area contributed by atoms with Crippen LogP contribution in [0.1, 0.15) is 17.8 Å². The van der Waals surface area contributed by atoms with Gasteiger partial charge in [-0.3, -0.25) is 19.3 Å². The van der Waals surface area contributed by atoms with Gasteiger partial charge in [0.1, 0.15) is 18.4 Å². The number of ether oxygens (including phenoxy) is 1. The van der Waals surface area contributed by atoms with Gasteiger partial charge in [-0.05, 0) is 12.5 Å². The topological polar surface area (TPSA) is 153 Å². The molecule has 2 aromatic rings. The number of nitrogens with one attached hydrogen (secondary N) is 2. The van der Waals surface area contributed by atoms with Crippen LogP contribution in [0.3, 0.4) is 0 Å². The van der Waals surface area contributed by atoms with Crippen molar-refractivity contribution in [3.8, 4) is 0 Å². The molecule has 1 aliphatic rings. The maximum Gasteiger partial charge on any atom is 0.330 e. The summed E-state index contributed by atoms with van der Waals surface area (Å²) < 4.78 is 8.70. The Hall–Kier alpha value is -2.88. The molecule has 3 N–H and O–H groups in total. The van der Waals surface area contributed by atoms with Crippen LogP contribution in [0.5, 0.6) is 0 Å². The number of aromatic nitrogens is 4. The number of aliphatic hydroxyl groups is 1. The van der Waals surface area contributed by atoms with Gasteiger partial charge in [-0.15, -0.1) is 0 Å². The monoisotopic (exact) mass is 334 g/mol. The maximum atomic E-state index is 12.2. The largest absolute Gasteiger partial charge is 0.394 e. The zero-order valence-electron chi connectivity index (χ0n) is 12.7. The van der Waals surface area contributed by atoms with Crippen molar-refractivity contribution in [3.05, 3.63) is 61.8 Å². The van der Waals surface area contributed by atoms with Gasteiger partial charge in [0.15, 0.2) is 12.3 Å². The molecule has 4 atom stereocenters. The number of imidazole rings is 1. The highest BCUT2D eigenvalue weighted by Gasteiger charge is 2.49. The van der Waals surface area contributed by atoms with Crippen LogP contribution in [0.2, 0.25) is 0 Å². The van der Waals surface area contributed by atoms with E-state index < -0.39 is 35.7 Å². The van der Waals surface area contributed by atoms with E-state index in [0.717, 1.165) is 0 Å². The first-order valence-corrected chi connectivity index (χ1v) is 7.23. The fraction of sp³-hybridized carbons (Fsp3) is 0.462. The minimum Gasteiger partial charge on any atom is -0.394 e. The lowest BCUT2D eigenvalue weighted by molar-refractivity contribution is -0.729. The summed E-state index contributed by atoms with van der Waals surface area (Å²) in [5.41, 5.74) is 8.05. The van der Waals surface area contributed by atoms with Gasteiger partial charge in [-0.1, -0.05) is 5.11 Å². The zero-order valence-corrected chi connectivity index (χ0v) is 12.7. The Labute approximate surface area is 134 Å². The fourth-order valence-corrected chi connectivity index (χ4v) is 2.90. The molecule has 3 heterocycles. The number of rotatable bonds is 4. The number of hydrogen-bond donors (Lipinski definition) is 3. The van der Waals surface area contributed by atoms with E-state index in [2.05, 4.69) is 20.0 Å². The highest BCUT2D eigenvalue weighted by atomic mass is 16.5. The number of azide groups is 1. The minimum atomic E-state index is -0.860. The molecule has 0 spiro atoms. The van der Waals surface area contributed by atoms with E-state index in [0.29, 0.717) is 5.56 Å². The minimum absolute atomic E-state index is 0.337. The quantitative estimate of drug-likeness (QED) is 0.292. The summed E-state index contributed by atoms with van der Waals surface area (Å²) in [6, 6.07) is -1.31. The van der Waals surface area contributed by atoms with Gasteiger partial charge in [-0.2, -0.15) is 0 Å². The summed E-state index contributed by atoms with van der Waals surface area (Å²) in [4.78, 5) is 31.7. The first kappa shape index (κ1) is 16.0. The van der Waals surface area contributed by atoms with Crippen molar-refractivity contribution in [2.75, 3.05) is 6.61 Å². The van der Waals surface area contributed by atoms with Crippen molar-refractivity contribution in [1.29, 1.82) is 0 Å². The summed E-state index contributed by atoms with van der Waals surface area (Å²) in [6.07, 6.45) is 4.74. The molecule has 3 rings (SSSR count). The SMILES string of the molecule is Cc1cn([C@@H]2O[C@H](CO)[C@@H](N=[N+]=[N-])C2[n+]2cc[nH]c2)c(=O)[nH]c1=O. The van der Waals surface area contributed by atoms with Crippen LogP contribution in [0.4, 0.5) is 0 Å². The van der Waals surface area contributed by atoms with Crippen molar-refractivity contribution < 1.29 is 14.4 Å². The molecule has 1 saturated heterocycles.